The van der Waals surface area contributed by atoms with Crippen LogP contribution >= 0.6 is 0 Å². The summed E-state index contributed by atoms with van der Waals surface area (Å²) >= 11 is 0. The lowest BCUT2D eigenvalue weighted by molar-refractivity contribution is -0.112. The molecule has 0 aliphatic rings. The van der Waals surface area contributed by atoms with Gasteiger partial charge >= 0.3 is 0 Å². The lowest BCUT2D eigenvalue weighted by Crippen LogP contribution is -2.16. The molecule has 0 atom stereocenters. The number of rotatable bonds is 5. The quantitative estimate of drug-likeness (QED) is 0.807. The van der Waals surface area contributed by atoms with Crippen LogP contribution in [0, 0.1) is 0 Å². The number of primary sulfonamides is 1. The first-order chi connectivity index (χ1) is 9.29. The number of hydrogen-bond acceptors (Lipinski definition) is 4. The summed E-state index contributed by atoms with van der Waals surface area (Å²) in [5, 5.41) is 7.72. The summed E-state index contributed by atoms with van der Waals surface area (Å²) in [6.45, 7) is 3.60. The van der Waals surface area contributed by atoms with Gasteiger partial charge in [-0.25, -0.2) is 13.6 Å². The second-order valence-corrected chi connectivity index (χ2v) is 5.69. The van der Waals surface area contributed by atoms with Gasteiger partial charge in [0.2, 0.25) is 10.0 Å². The van der Waals surface area contributed by atoms with E-state index in [4.69, 9.17) is 9.88 Å². The maximum Gasteiger partial charge on any atom is 0.250 e. The zero-order valence-corrected chi connectivity index (χ0v) is 12.5. The van der Waals surface area contributed by atoms with Gasteiger partial charge in [-0.15, -0.1) is 0 Å². The molecule has 1 rings (SSSR count). The van der Waals surface area contributed by atoms with Crippen molar-refractivity contribution in [2.45, 2.75) is 25.2 Å². The Balaban J connectivity index is 3.11. The number of hydrogen-bond donors (Lipinski definition) is 2. The van der Waals surface area contributed by atoms with Gasteiger partial charge in [0.25, 0.3) is 5.91 Å². The molecule has 0 aromatic heterocycles. The molecule has 3 N–H and O–H groups in total. The topological polar surface area (TPSA) is 98.5 Å². The van der Waals surface area contributed by atoms with Crippen LogP contribution in [-0.4, -0.2) is 21.4 Å². The van der Waals surface area contributed by atoms with Gasteiger partial charge in [0.1, 0.15) is 10.6 Å². The fourth-order valence-electron chi connectivity index (χ4n) is 1.61. The fourth-order valence-corrected chi connectivity index (χ4v) is 2.33. The number of benzene rings is 1. The minimum Gasteiger partial charge on any atom is -0.495 e. The van der Waals surface area contributed by atoms with Crippen LogP contribution in [0.5, 0.6) is 5.75 Å². The minimum absolute atomic E-state index is 0.131. The predicted molar refractivity (Wildman–Crippen MR) is 77.0 cm³/mol. The number of nitrogens with one attached hydrogen (secondary N) is 1. The smallest absolute Gasteiger partial charge is 0.250 e. The zero-order chi connectivity index (χ0) is 15.3. The largest absolute Gasteiger partial charge is 0.495 e. The highest BCUT2D eigenvalue weighted by Gasteiger charge is 2.16. The third-order valence-corrected chi connectivity index (χ3v) is 3.53. The molecule has 1 amide bonds. The van der Waals surface area contributed by atoms with E-state index in [0.717, 1.165) is 6.42 Å². The van der Waals surface area contributed by atoms with Crippen molar-refractivity contribution in [3.63, 3.8) is 0 Å². The molecule has 0 saturated heterocycles. The highest BCUT2D eigenvalue weighted by molar-refractivity contribution is 7.89. The third-order valence-electron chi connectivity index (χ3n) is 2.60. The van der Waals surface area contributed by atoms with Crippen LogP contribution in [0.15, 0.2) is 34.7 Å². The van der Waals surface area contributed by atoms with Crippen molar-refractivity contribution in [3.05, 3.63) is 29.8 Å². The van der Waals surface area contributed by atoms with Gasteiger partial charge in [-0.3, -0.25) is 4.79 Å². The summed E-state index contributed by atoms with van der Waals surface area (Å²) < 4.78 is 27.9. The molecule has 0 fully saturated rings. The Bertz CT molecular complexity index is 636. The van der Waals surface area contributed by atoms with E-state index in [1.807, 2.05) is 6.92 Å². The summed E-state index contributed by atoms with van der Waals surface area (Å²) in [7, 11) is -2.58. The molecule has 1 aromatic carbocycles. The second kappa shape index (κ2) is 6.53. The van der Waals surface area contributed by atoms with Crippen LogP contribution in [-0.2, 0) is 14.8 Å². The number of anilines is 1. The van der Waals surface area contributed by atoms with Gasteiger partial charge in [0.15, 0.2) is 0 Å². The zero-order valence-electron chi connectivity index (χ0n) is 11.6. The van der Waals surface area contributed by atoms with Crippen LogP contribution in [0.25, 0.3) is 0 Å². The molecule has 0 unspecified atom stereocenters. The van der Waals surface area contributed by atoms with E-state index in [9.17, 15) is 13.2 Å². The molecule has 0 aliphatic heterocycles. The molecule has 6 nitrogen and oxygen atoms in total. The molecule has 1 aromatic rings. The highest BCUT2D eigenvalue weighted by atomic mass is 32.2. The number of nitrogens with two attached hydrogens (primary N) is 1. The summed E-state index contributed by atoms with van der Waals surface area (Å²) in [6, 6.07) is 4.25. The lowest BCUT2D eigenvalue weighted by Gasteiger charge is -2.10. The normalized spacial score (nSPS) is 12.1. The van der Waals surface area contributed by atoms with Crippen LogP contribution in [0.3, 0.4) is 0 Å². The van der Waals surface area contributed by atoms with Crippen LogP contribution in [0.2, 0.25) is 0 Å². The van der Waals surface area contributed by atoms with Crippen molar-refractivity contribution in [1.82, 2.24) is 0 Å². The summed E-state index contributed by atoms with van der Waals surface area (Å²) in [4.78, 5) is 11.7. The Morgan fingerprint density at radius 1 is 1.45 bits per heavy atom. The van der Waals surface area contributed by atoms with Gasteiger partial charge in [-0.05, 0) is 31.5 Å². The van der Waals surface area contributed by atoms with Crippen LogP contribution in [0.1, 0.15) is 20.3 Å². The van der Waals surface area contributed by atoms with E-state index < -0.39 is 10.0 Å². The standard InChI is InChI=1S/C13H18N2O4S/c1-4-5-9(2)13(16)15-10-6-7-11(19-3)12(8-10)20(14,17)18/h5-8H,4H2,1-3H3,(H,15,16)(H2,14,17,18). The van der Waals surface area contributed by atoms with Crippen molar-refractivity contribution in [1.29, 1.82) is 0 Å². The highest BCUT2D eigenvalue weighted by Crippen LogP contribution is 2.26. The molecular weight excluding hydrogens is 280 g/mol. The fraction of sp³-hybridized carbons (Fsp3) is 0.308. The predicted octanol–water partition coefficient (Wildman–Crippen LogP) is 1.64. The molecule has 0 radical (unpaired) electrons. The Morgan fingerprint density at radius 2 is 2.10 bits per heavy atom. The molecule has 110 valence electrons. The Labute approximate surface area is 118 Å². The summed E-state index contributed by atoms with van der Waals surface area (Å²) in [5.41, 5.74) is 0.893. The van der Waals surface area contributed by atoms with E-state index in [0.29, 0.717) is 11.3 Å². The second-order valence-electron chi connectivity index (χ2n) is 4.16. The Kier molecular flexibility index (Phi) is 5.29. The molecule has 0 bridgehead atoms. The molecule has 7 heteroatoms. The number of ether oxygens (including phenoxy) is 1. The van der Waals surface area contributed by atoms with E-state index in [1.54, 1.807) is 19.1 Å². The number of amides is 1. The first-order valence-electron chi connectivity index (χ1n) is 5.98. The van der Waals surface area contributed by atoms with E-state index in [2.05, 4.69) is 5.32 Å². The summed E-state index contributed by atoms with van der Waals surface area (Å²) in [5.74, 6) is -0.163. The third kappa shape index (κ3) is 4.07. The molecule has 20 heavy (non-hydrogen) atoms. The minimum atomic E-state index is -3.93. The Hall–Kier alpha value is -1.86. The van der Waals surface area contributed by atoms with E-state index in [-0.39, 0.29) is 16.6 Å². The first-order valence-corrected chi connectivity index (χ1v) is 7.53. The van der Waals surface area contributed by atoms with E-state index >= 15 is 0 Å². The maximum absolute atomic E-state index is 11.8. The van der Waals surface area contributed by atoms with Crippen molar-refractivity contribution in [3.8, 4) is 5.75 Å². The van der Waals surface area contributed by atoms with Gasteiger partial charge < -0.3 is 10.1 Å². The number of sulfonamides is 1. The summed E-state index contributed by atoms with van der Waals surface area (Å²) in [6.07, 6.45) is 2.52. The maximum atomic E-state index is 11.8. The van der Waals surface area contributed by atoms with Gasteiger partial charge in [-0.2, -0.15) is 0 Å². The first kappa shape index (κ1) is 16.2. The van der Waals surface area contributed by atoms with Gasteiger partial charge in [-0.1, -0.05) is 13.0 Å². The van der Waals surface area contributed by atoms with Crippen molar-refractivity contribution in [2.75, 3.05) is 12.4 Å². The average molecular weight is 298 g/mol. The van der Waals surface area contributed by atoms with Crippen LogP contribution < -0.4 is 15.2 Å². The number of carbonyl (C=O) groups excluding carboxylic acids is 1. The molecule has 0 saturated carbocycles. The number of allylic oxidation sites excluding steroid dienone is 1. The van der Waals surface area contributed by atoms with E-state index in [1.165, 1.54) is 19.2 Å². The lowest BCUT2D eigenvalue weighted by atomic mass is 10.2. The van der Waals surface area contributed by atoms with Crippen molar-refractivity contribution >= 4 is 21.6 Å². The van der Waals surface area contributed by atoms with Crippen molar-refractivity contribution < 1.29 is 17.9 Å². The SMILES string of the molecule is CCC=C(C)C(=O)Nc1ccc(OC)c(S(N)(=O)=O)c1. The molecular formula is C13H18N2O4S. The monoisotopic (exact) mass is 298 g/mol. The average Bonchev–Trinajstić information content (AvgIpc) is 2.37. The number of carbonyl (C=O) groups is 1. The van der Waals surface area contributed by atoms with Crippen LogP contribution in [0.4, 0.5) is 5.69 Å². The molecule has 0 heterocycles. The Morgan fingerprint density at radius 3 is 2.60 bits per heavy atom. The molecule has 0 aliphatic carbocycles. The molecule has 0 spiro atoms. The number of methoxy groups -OCH3 is 1. The van der Waals surface area contributed by atoms with Gasteiger partial charge in [0.05, 0.1) is 7.11 Å². The van der Waals surface area contributed by atoms with Crippen molar-refractivity contribution in [2.24, 2.45) is 5.14 Å². The van der Waals surface area contributed by atoms with Gasteiger partial charge in [0, 0.05) is 11.3 Å².